The summed E-state index contributed by atoms with van der Waals surface area (Å²) >= 11 is 0. The Hall–Kier alpha value is -2.63. The number of rotatable bonds is 4. The highest BCUT2D eigenvalue weighted by Crippen LogP contribution is 2.24. The molecule has 0 spiro atoms. The van der Waals surface area contributed by atoms with Gasteiger partial charge >= 0.3 is 5.97 Å². The number of aliphatic carboxylic acids is 1. The first-order valence-corrected chi connectivity index (χ1v) is 7.75. The number of carboxylic acids is 1. The number of nitrogens with one attached hydrogen (secondary N) is 1. The van der Waals surface area contributed by atoms with Gasteiger partial charge in [-0.1, -0.05) is 17.7 Å². The molecule has 6 heteroatoms. The summed E-state index contributed by atoms with van der Waals surface area (Å²) in [5.74, 6) is 0.408. The molecule has 6 nitrogen and oxygen atoms in total. The molecule has 0 bridgehead atoms. The third kappa shape index (κ3) is 3.77. The lowest BCUT2D eigenvalue weighted by molar-refractivity contribution is -0.141. The average molecular weight is 312 g/mol. The van der Waals surface area contributed by atoms with Crippen molar-refractivity contribution in [2.75, 3.05) is 23.3 Å². The maximum absolute atomic E-state index is 11.2. The lowest BCUT2D eigenvalue weighted by Gasteiger charge is -2.31. The molecule has 1 aliphatic rings. The molecule has 0 saturated carbocycles. The number of hydrogen-bond donors (Lipinski definition) is 2. The largest absolute Gasteiger partial charge is 0.481 e. The maximum atomic E-state index is 11.2. The van der Waals surface area contributed by atoms with Gasteiger partial charge in [0.25, 0.3) is 0 Å². The summed E-state index contributed by atoms with van der Waals surface area (Å²) in [5.41, 5.74) is 2.16. The number of carboxylic acid groups (broad SMARTS) is 1. The van der Waals surface area contributed by atoms with Gasteiger partial charge in [0.2, 0.25) is 0 Å². The van der Waals surface area contributed by atoms with Crippen molar-refractivity contribution in [2.45, 2.75) is 19.8 Å². The van der Waals surface area contributed by atoms with Crippen LogP contribution in [0.15, 0.2) is 36.7 Å². The highest BCUT2D eigenvalue weighted by Gasteiger charge is 2.26. The number of aryl methyl sites for hydroxylation is 1. The second-order valence-electron chi connectivity index (χ2n) is 5.88. The van der Waals surface area contributed by atoms with E-state index in [9.17, 15) is 9.90 Å². The SMILES string of the molecule is Cc1ccc(Nc2cc(N3CCCC(C(=O)O)C3)ncn2)cc1. The van der Waals surface area contributed by atoms with Crippen molar-refractivity contribution in [2.24, 2.45) is 5.92 Å². The van der Waals surface area contributed by atoms with Crippen LogP contribution >= 0.6 is 0 Å². The Balaban J connectivity index is 1.74. The zero-order valence-electron chi connectivity index (χ0n) is 13.1. The second-order valence-corrected chi connectivity index (χ2v) is 5.88. The fourth-order valence-corrected chi connectivity index (χ4v) is 2.76. The summed E-state index contributed by atoms with van der Waals surface area (Å²) in [5, 5.41) is 12.5. The van der Waals surface area contributed by atoms with Gasteiger partial charge in [-0.2, -0.15) is 0 Å². The van der Waals surface area contributed by atoms with Crippen LogP contribution in [0, 0.1) is 12.8 Å². The zero-order valence-corrected chi connectivity index (χ0v) is 13.1. The normalized spacial score (nSPS) is 17.8. The van der Waals surface area contributed by atoms with Crippen LogP contribution in [0.4, 0.5) is 17.3 Å². The Bertz CT molecular complexity index is 687. The monoisotopic (exact) mass is 312 g/mol. The van der Waals surface area contributed by atoms with Gasteiger partial charge in [0.05, 0.1) is 5.92 Å². The van der Waals surface area contributed by atoms with E-state index in [0.717, 1.165) is 30.9 Å². The number of hydrogen-bond acceptors (Lipinski definition) is 5. The van der Waals surface area contributed by atoms with Crippen molar-refractivity contribution >= 4 is 23.3 Å². The first-order chi connectivity index (χ1) is 11.1. The first-order valence-electron chi connectivity index (χ1n) is 7.75. The third-order valence-electron chi connectivity index (χ3n) is 4.07. The molecule has 0 amide bonds. The van der Waals surface area contributed by atoms with E-state index in [2.05, 4.69) is 15.3 Å². The number of aromatic nitrogens is 2. The van der Waals surface area contributed by atoms with Crippen LogP contribution in [0.2, 0.25) is 0 Å². The highest BCUT2D eigenvalue weighted by molar-refractivity contribution is 5.71. The first kappa shape index (κ1) is 15.3. The van der Waals surface area contributed by atoms with Crippen molar-refractivity contribution < 1.29 is 9.90 Å². The van der Waals surface area contributed by atoms with Gasteiger partial charge in [0, 0.05) is 24.8 Å². The van der Waals surface area contributed by atoms with Gasteiger partial charge in [0.1, 0.15) is 18.0 Å². The quantitative estimate of drug-likeness (QED) is 0.904. The average Bonchev–Trinajstić information content (AvgIpc) is 2.57. The minimum absolute atomic E-state index is 0.327. The van der Waals surface area contributed by atoms with E-state index in [0.29, 0.717) is 12.4 Å². The van der Waals surface area contributed by atoms with E-state index in [1.807, 2.05) is 42.2 Å². The standard InChI is InChI=1S/C17H20N4O2/c1-12-4-6-14(7-5-12)20-15-9-16(19-11-18-15)21-8-2-3-13(10-21)17(22)23/h4-7,9,11,13H,2-3,8,10H2,1H3,(H,22,23)(H,18,19,20). The van der Waals surface area contributed by atoms with Crippen LogP contribution in [0.25, 0.3) is 0 Å². The topological polar surface area (TPSA) is 78.4 Å². The predicted octanol–water partition coefficient (Wildman–Crippen LogP) is 2.83. The molecule has 1 unspecified atom stereocenters. The number of nitrogens with zero attached hydrogens (tertiary/aromatic N) is 3. The van der Waals surface area contributed by atoms with Crippen molar-refractivity contribution in [3.05, 3.63) is 42.2 Å². The van der Waals surface area contributed by atoms with Crippen LogP contribution in [0.1, 0.15) is 18.4 Å². The Morgan fingerprint density at radius 1 is 1.30 bits per heavy atom. The molecule has 0 aliphatic carbocycles. The second kappa shape index (κ2) is 6.64. The Morgan fingerprint density at radius 2 is 2.09 bits per heavy atom. The molecule has 2 aromatic rings. The van der Waals surface area contributed by atoms with E-state index in [-0.39, 0.29) is 5.92 Å². The van der Waals surface area contributed by atoms with E-state index in [1.54, 1.807) is 0 Å². The number of piperidine rings is 1. The molecule has 23 heavy (non-hydrogen) atoms. The molecule has 1 saturated heterocycles. The maximum Gasteiger partial charge on any atom is 0.308 e. The summed E-state index contributed by atoms with van der Waals surface area (Å²) in [4.78, 5) is 21.7. The summed E-state index contributed by atoms with van der Waals surface area (Å²) in [6.07, 6.45) is 3.10. The molecule has 120 valence electrons. The van der Waals surface area contributed by atoms with Gasteiger partial charge in [-0.25, -0.2) is 9.97 Å². The van der Waals surface area contributed by atoms with E-state index in [4.69, 9.17) is 0 Å². The highest BCUT2D eigenvalue weighted by atomic mass is 16.4. The lowest BCUT2D eigenvalue weighted by atomic mass is 9.98. The molecule has 2 heterocycles. The Kier molecular flexibility index (Phi) is 4.41. The van der Waals surface area contributed by atoms with Gasteiger partial charge in [-0.15, -0.1) is 0 Å². The van der Waals surface area contributed by atoms with Gasteiger partial charge in [0.15, 0.2) is 0 Å². The van der Waals surface area contributed by atoms with Crippen LogP contribution in [0.3, 0.4) is 0 Å². The summed E-state index contributed by atoms with van der Waals surface area (Å²) in [7, 11) is 0. The van der Waals surface area contributed by atoms with Gasteiger partial charge in [-0.05, 0) is 31.9 Å². The summed E-state index contributed by atoms with van der Waals surface area (Å²) < 4.78 is 0. The van der Waals surface area contributed by atoms with Crippen LogP contribution in [0.5, 0.6) is 0 Å². The Labute approximate surface area is 135 Å². The lowest BCUT2D eigenvalue weighted by Crippen LogP contribution is -2.39. The number of carbonyl (C=O) groups is 1. The molecule has 0 radical (unpaired) electrons. The van der Waals surface area contributed by atoms with E-state index in [1.165, 1.54) is 11.9 Å². The Morgan fingerprint density at radius 3 is 2.83 bits per heavy atom. The molecule has 1 aliphatic heterocycles. The van der Waals surface area contributed by atoms with Gasteiger partial charge < -0.3 is 15.3 Å². The molecular formula is C17H20N4O2. The van der Waals surface area contributed by atoms with Crippen LogP contribution < -0.4 is 10.2 Å². The fourth-order valence-electron chi connectivity index (χ4n) is 2.76. The molecule has 2 N–H and O–H groups in total. The van der Waals surface area contributed by atoms with Gasteiger partial charge in [-0.3, -0.25) is 4.79 Å². The minimum atomic E-state index is -0.734. The van der Waals surface area contributed by atoms with Crippen molar-refractivity contribution in [3.63, 3.8) is 0 Å². The van der Waals surface area contributed by atoms with Crippen molar-refractivity contribution in [3.8, 4) is 0 Å². The molecule has 1 atom stereocenters. The molecule has 1 fully saturated rings. The van der Waals surface area contributed by atoms with Crippen molar-refractivity contribution in [1.29, 1.82) is 0 Å². The van der Waals surface area contributed by atoms with E-state index < -0.39 is 5.97 Å². The van der Waals surface area contributed by atoms with Crippen molar-refractivity contribution in [1.82, 2.24) is 9.97 Å². The fraction of sp³-hybridized carbons (Fsp3) is 0.353. The summed E-state index contributed by atoms with van der Waals surface area (Å²) in [6.45, 7) is 3.36. The molecule has 3 rings (SSSR count). The molecule has 1 aromatic heterocycles. The molecular weight excluding hydrogens is 292 g/mol. The predicted molar refractivity (Wildman–Crippen MR) is 89.1 cm³/mol. The zero-order chi connectivity index (χ0) is 16.2. The third-order valence-corrected chi connectivity index (χ3v) is 4.07. The van der Waals surface area contributed by atoms with E-state index >= 15 is 0 Å². The van der Waals surface area contributed by atoms with Crippen LogP contribution in [-0.4, -0.2) is 34.1 Å². The summed E-state index contributed by atoms with van der Waals surface area (Å²) in [6, 6.07) is 9.93. The number of anilines is 3. The smallest absolute Gasteiger partial charge is 0.308 e. The minimum Gasteiger partial charge on any atom is -0.481 e. The van der Waals surface area contributed by atoms with Crippen LogP contribution in [-0.2, 0) is 4.79 Å². The molecule has 1 aromatic carbocycles. The number of benzene rings is 1.